The third kappa shape index (κ3) is 3.81. The Morgan fingerprint density at radius 1 is 0.929 bits per heavy atom. The third-order valence-electron chi connectivity index (χ3n) is 4.63. The van der Waals surface area contributed by atoms with Crippen molar-refractivity contribution in [3.05, 3.63) is 41.9 Å². The zero-order valence-corrected chi connectivity index (χ0v) is 17.0. The van der Waals surface area contributed by atoms with Gasteiger partial charge in [-0.25, -0.2) is 30.6 Å². The average molecular weight is 434 g/mol. The molecule has 0 aliphatic carbocycles. The molecule has 2 heterocycles. The van der Waals surface area contributed by atoms with Crippen LogP contribution >= 0.6 is 0 Å². The summed E-state index contributed by atoms with van der Waals surface area (Å²) < 4.78 is 81.5. The van der Waals surface area contributed by atoms with Crippen molar-refractivity contribution < 1.29 is 25.6 Å². The van der Waals surface area contributed by atoms with Crippen LogP contribution < -0.4 is 0 Å². The molecule has 154 valence electrons. The van der Waals surface area contributed by atoms with Gasteiger partial charge in [0.25, 0.3) is 10.0 Å². The second-order valence-corrected chi connectivity index (χ2v) is 10.3. The van der Waals surface area contributed by atoms with Crippen molar-refractivity contribution >= 4 is 20.0 Å². The highest BCUT2D eigenvalue weighted by Crippen LogP contribution is 2.22. The molecule has 0 atom stereocenters. The van der Waals surface area contributed by atoms with Gasteiger partial charge in [0.15, 0.2) is 16.7 Å². The van der Waals surface area contributed by atoms with Crippen molar-refractivity contribution in [3.63, 3.8) is 0 Å². The van der Waals surface area contributed by atoms with Gasteiger partial charge in [-0.05, 0) is 31.5 Å². The van der Waals surface area contributed by atoms with Gasteiger partial charge in [-0.15, -0.1) is 0 Å². The molecule has 0 spiro atoms. The van der Waals surface area contributed by atoms with E-state index in [1.165, 1.54) is 10.5 Å². The summed E-state index contributed by atoms with van der Waals surface area (Å²) in [7, 11) is -6.26. The molecule has 1 aromatic carbocycles. The van der Waals surface area contributed by atoms with Crippen molar-refractivity contribution in [2.45, 2.75) is 23.3 Å². The first-order chi connectivity index (χ1) is 13.0. The number of aromatic nitrogens is 2. The van der Waals surface area contributed by atoms with E-state index in [1.807, 2.05) is 0 Å². The number of benzene rings is 1. The Balaban J connectivity index is 1.82. The molecule has 0 saturated carbocycles. The van der Waals surface area contributed by atoms with E-state index in [-0.39, 0.29) is 42.5 Å². The largest absolute Gasteiger partial charge is 0.337 e. The van der Waals surface area contributed by atoms with Crippen molar-refractivity contribution in [2.24, 2.45) is 7.05 Å². The second kappa shape index (κ2) is 7.50. The van der Waals surface area contributed by atoms with E-state index in [0.29, 0.717) is 11.9 Å². The number of nitrogens with zero attached hydrogens (tertiary/aromatic N) is 4. The van der Waals surface area contributed by atoms with Crippen molar-refractivity contribution in [2.75, 3.05) is 26.2 Å². The van der Waals surface area contributed by atoms with Crippen LogP contribution in [0.2, 0.25) is 0 Å². The molecule has 8 nitrogen and oxygen atoms in total. The first-order valence-electron chi connectivity index (χ1n) is 8.49. The fraction of sp³-hybridized carbons (Fsp3) is 0.438. The zero-order valence-electron chi connectivity index (χ0n) is 15.3. The molecule has 0 bridgehead atoms. The van der Waals surface area contributed by atoms with Gasteiger partial charge >= 0.3 is 0 Å². The summed E-state index contributed by atoms with van der Waals surface area (Å²) in [4.78, 5) is 3.67. The Morgan fingerprint density at radius 3 is 2.07 bits per heavy atom. The molecule has 12 heteroatoms. The van der Waals surface area contributed by atoms with Crippen molar-refractivity contribution in [3.8, 4) is 0 Å². The summed E-state index contributed by atoms with van der Waals surface area (Å²) in [5, 5.41) is -0.0931. The second-order valence-electron chi connectivity index (χ2n) is 6.47. The predicted octanol–water partition coefficient (Wildman–Crippen LogP) is 1.09. The van der Waals surface area contributed by atoms with E-state index >= 15 is 0 Å². The minimum absolute atomic E-state index is 0.0641. The molecule has 1 fully saturated rings. The summed E-state index contributed by atoms with van der Waals surface area (Å²) >= 11 is 0. The van der Waals surface area contributed by atoms with Crippen LogP contribution in [0, 0.1) is 18.6 Å². The molecule has 28 heavy (non-hydrogen) atoms. The highest BCUT2D eigenvalue weighted by atomic mass is 32.2. The summed E-state index contributed by atoms with van der Waals surface area (Å²) in [6.45, 7) is 1.70. The number of aryl methyl sites for hydroxylation is 2. The lowest BCUT2D eigenvalue weighted by Crippen LogP contribution is -2.37. The lowest BCUT2D eigenvalue weighted by atomic mass is 10.3. The molecular weight excluding hydrogens is 414 g/mol. The molecule has 1 aliphatic rings. The zero-order chi connectivity index (χ0) is 20.7. The average Bonchev–Trinajstić information content (AvgIpc) is 2.85. The summed E-state index contributed by atoms with van der Waals surface area (Å²) in [6, 6.07) is 2.37. The van der Waals surface area contributed by atoms with E-state index in [1.54, 1.807) is 18.5 Å². The normalized spacial score (nSPS) is 17.6. The number of sulfonamides is 2. The lowest BCUT2D eigenvalue weighted by molar-refractivity contribution is 0.403. The van der Waals surface area contributed by atoms with Gasteiger partial charge in [0.1, 0.15) is 5.82 Å². The molecule has 0 radical (unpaired) electrons. The summed E-state index contributed by atoms with van der Waals surface area (Å²) in [5.74, 6) is -1.86. The van der Waals surface area contributed by atoms with Crippen LogP contribution in [0.1, 0.15) is 12.2 Å². The standard InChI is InChI=1S/C16H20F2N4O4S2/c1-12-19-16(11-20(12)2)28(25,26)22-7-3-6-21(8-9-22)27(23,24)13-4-5-14(17)15(18)10-13/h4-5,10-11H,3,6-9H2,1-2H3. The van der Waals surface area contributed by atoms with E-state index < -0.39 is 31.7 Å². The van der Waals surface area contributed by atoms with Gasteiger partial charge in [-0.1, -0.05) is 0 Å². The van der Waals surface area contributed by atoms with Crippen LogP contribution in [0.15, 0.2) is 34.3 Å². The third-order valence-corrected chi connectivity index (χ3v) is 8.30. The molecule has 1 saturated heterocycles. The smallest absolute Gasteiger partial charge is 0.262 e. The number of halogens is 2. The van der Waals surface area contributed by atoms with Crippen molar-refractivity contribution in [1.29, 1.82) is 0 Å². The van der Waals surface area contributed by atoms with Gasteiger partial charge in [0.05, 0.1) is 4.90 Å². The van der Waals surface area contributed by atoms with E-state index in [9.17, 15) is 25.6 Å². The van der Waals surface area contributed by atoms with Crippen LogP contribution in [0.5, 0.6) is 0 Å². The Kier molecular flexibility index (Phi) is 5.58. The lowest BCUT2D eigenvalue weighted by Gasteiger charge is -2.21. The SMILES string of the molecule is Cc1nc(S(=O)(=O)N2CCCN(S(=O)(=O)c3ccc(F)c(F)c3)CC2)cn1C. The maximum Gasteiger partial charge on any atom is 0.262 e. The topological polar surface area (TPSA) is 92.6 Å². The first-order valence-corrected chi connectivity index (χ1v) is 11.4. The first kappa shape index (κ1) is 20.8. The monoisotopic (exact) mass is 434 g/mol. The van der Waals surface area contributed by atoms with Gasteiger partial charge in [0, 0.05) is 39.4 Å². The highest BCUT2D eigenvalue weighted by Gasteiger charge is 2.33. The summed E-state index contributed by atoms with van der Waals surface area (Å²) in [5.41, 5.74) is 0. The maximum atomic E-state index is 13.4. The van der Waals surface area contributed by atoms with Crippen LogP contribution in [0.25, 0.3) is 0 Å². The number of hydrogen-bond acceptors (Lipinski definition) is 5. The minimum Gasteiger partial charge on any atom is -0.337 e. The maximum absolute atomic E-state index is 13.4. The molecule has 0 N–H and O–H groups in total. The molecule has 1 aromatic heterocycles. The number of hydrogen-bond donors (Lipinski definition) is 0. The van der Waals surface area contributed by atoms with Gasteiger partial charge in [-0.3, -0.25) is 0 Å². The van der Waals surface area contributed by atoms with Crippen molar-refractivity contribution in [1.82, 2.24) is 18.2 Å². The Labute approximate surface area is 162 Å². The molecule has 1 aliphatic heterocycles. The number of imidazole rings is 1. The minimum atomic E-state index is -4.08. The highest BCUT2D eigenvalue weighted by molar-refractivity contribution is 7.89. The Morgan fingerprint density at radius 2 is 1.54 bits per heavy atom. The molecule has 0 amide bonds. The molecule has 2 aromatic rings. The summed E-state index contributed by atoms with van der Waals surface area (Å²) in [6.07, 6.45) is 1.67. The fourth-order valence-corrected chi connectivity index (χ4v) is 5.90. The predicted molar refractivity (Wildman–Crippen MR) is 96.4 cm³/mol. The molecule has 3 rings (SSSR count). The Bertz CT molecular complexity index is 1080. The van der Waals surface area contributed by atoms with Crippen LogP contribution in [0.4, 0.5) is 8.78 Å². The fourth-order valence-electron chi connectivity index (χ4n) is 2.92. The van der Waals surface area contributed by atoms with Crippen LogP contribution in [-0.4, -0.2) is 61.2 Å². The van der Waals surface area contributed by atoms with Crippen LogP contribution in [-0.2, 0) is 27.1 Å². The molecule has 0 unspecified atom stereocenters. The van der Waals surface area contributed by atoms with Crippen LogP contribution in [0.3, 0.4) is 0 Å². The Hall–Kier alpha value is -1.89. The van der Waals surface area contributed by atoms with Gasteiger partial charge in [0.2, 0.25) is 10.0 Å². The molecular formula is C16H20F2N4O4S2. The van der Waals surface area contributed by atoms with E-state index in [4.69, 9.17) is 0 Å². The van der Waals surface area contributed by atoms with Gasteiger partial charge < -0.3 is 4.57 Å². The quantitative estimate of drug-likeness (QED) is 0.718. The van der Waals surface area contributed by atoms with E-state index in [2.05, 4.69) is 4.98 Å². The van der Waals surface area contributed by atoms with E-state index in [0.717, 1.165) is 16.4 Å². The number of rotatable bonds is 4. The van der Waals surface area contributed by atoms with Gasteiger partial charge in [-0.2, -0.15) is 8.61 Å².